The second-order valence-electron chi connectivity index (χ2n) is 5.09. The summed E-state index contributed by atoms with van der Waals surface area (Å²) < 4.78 is 10.4. The minimum atomic E-state index is -0.324. The van der Waals surface area contributed by atoms with E-state index in [2.05, 4.69) is 10.6 Å². The molecule has 0 saturated heterocycles. The van der Waals surface area contributed by atoms with Crippen molar-refractivity contribution >= 4 is 17.4 Å². The standard InChI is InChI=1S/C17H21N3O3/c1-11-4-6-14(13(18)8-11)20-17(21)19-10-12-5-7-15(22-2)16(9-12)23-3/h4-9H,10,18H2,1-3H3,(H2,19,20,21). The van der Waals surface area contributed by atoms with Crippen molar-refractivity contribution in [1.82, 2.24) is 5.32 Å². The Balaban J connectivity index is 1.96. The Labute approximate surface area is 135 Å². The molecule has 23 heavy (non-hydrogen) atoms. The first kappa shape index (κ1) is 16.5. The average molecular weight is 315 g/mol. The number of hydrogen-bond acceptors (Lipinski definition) is 4. The van der Waals surface area contributed by atoms with Gasteiger partial charge in [0.2, 0.25) is 0 Å². The summed E-state index contributed by atoms with van der Waals surface area (Å²) in [5.74, 6) is 1.27. The van der Waals surface area contributed by atoms with Crippen molar-refractivity contribution in [3.05, 3.63) is 47.5 Å². The fourth-order valence-corrected chi connectivity index (χ4v) is 2.14. The molecule has 0 radical (unpaired) electrons. The van der Waals surface area contributed by atoms with Gasteiger partial charge >= 0.3 is 6.03 Å². The molecule has 0 unspecified atom stereocenters. The van der Waals surface area contributed by atoms with E-state index in [1.165, 1.54) is 0 Å². The molecule has 0 aromatic heterocycles. The lowest BCUT2D eigenvalue weighted by Crippen LogP contribution is -2.28. The number of nitrogen functional groups attached to an aromatic ring is 1. The summed E-state index contributed by atoms with van der Waals surface area (Å²) in [5, 5.41) is 5.50. The molecule has 122 valence electrons. The van der Waals surface area contributed by atoms with Crippen molar-refractivity contribution in [1.29, 1.82) is 0 Å². The molecule has 0 saturated carbocycles. The molecule has 2 aromatic carbocycles. The number of methoxy groups -OCH3 is 2. The molecular formula is C17H21N3O3. The van der Waals surface area contributed by atoms with Gasteiger partial charge in [0.05, 0.1) is 25.6 Å². The van der Waals surface area contributed by atoms with Crippen LogP contribution in [0.15, 0.2) is 36.4 Å². The number of nitrogens with two attached hydrogens (primary N) is 1. The zero-order chi connectivity index (χ0) is 16.8. The third-order valence-corrected chi connectivity index (χ3v) is 3.36. The Morgan fingerprint density at radius 3 is 2.48 bits per heavy atom. The topological polar surface area (TPSA) is 85.6 Å². The van der Waals surface area contributed by atoms with E-state index in [0.29, 0.717) is 29.4 Å². The Kier molecular flexibility index (Phi) is 5.30. The number of carbonyl (C=O) groups excluding carboxylic acids is 1. The van der Waals surface area contributed by atoms with Crippen LogP contribution in [0.3, 0.4) is 0 Å². The first-order chi connectivity index (χ1) is 11.0. The smallest absolute Gasteiger partial charge is 0.319 e. The highest BCUT2D eigenvalue weighted by Gasteiger charge is 2.07. The van der Waals surface area contributed by atoms with Gasteiger partial charge in [0, 0.05) is 6.54 Å². The molecule has 2 aromatic rings. The molecule has 4 N–H and O–H groups in total. The molecule has 0 bridgehead atoms. The molecule has 6 nitrogen and oxygen atoms in total. The van der Waals surface area contributed by atoms with Crippen LogP contribution >= 0.6 is 0 Å². The lowest BCUT2D eigenvalue weighted by molar-refractivity contribution is 0.251. The van der Waals surface area contributed by atoms with Gasteiger partial charge < -0.3 is 25.8 Å². The van der Waals surface area contributed by atoms with Crippen LogP contribution in [0, 0.1) is 6.92 Å². The van der Waals surface area contributed by atoms with Gasteiger partial charge in [-0.25, -0.2) is 4.79 Å². The van der Waals surface area contributed by atoms with E-state index < -0.39 is 0 Å². The Morgan fingerprint density at radius 1 is 1.09 bits per heavy atom. The summed E-state index contributed by atoms with van der Waals surface area (Å²) in [4.78, 5) is 12.0. The number of anilines is 2. The van der Waals surface area contributed by atoms with Crippen LogP contribution in [0.1, 0.15) is 11.1 Å². The molecule has 0 atom stereocenters. The summed E-state index contributed by atoms with van der Waals surface area (Å²) in [5.41, 5.74) is 8.93. The molecule has 6 heteroatoms. The van der Waals surface area contributed by atoms with Crippen LogP contribution in [0.25, 0.3) is 0 Å². The highest BCUT2D eigenvalue weighted by Crippen LogP contribution is 2.27. The maximum atomic E-state index is 12.0. The van der Waals surface area contributed by atoms with Crippen molar-refractivity contribution in [2.75, 3.05) is 25.3 Å². The number of ether oxygens (including phenoxy) is 2. The number of amides is 2. The third-order valence-electron chi connectivity index (χ3n) is 3.36. The maximum Gasteiger partial charge on any atom is 0.319 e. The van der Waals surface area contributed by atoms with Gasteiger partial charge in [-0.05, 0) is 42.3 Å². The first-order valence-corrected chi connectivity index (χ1v) is 7.15. The quantitative estimate of drug-likeness (QED) is 0.741. The van der Waals surface area contributed by atoms with E-state index in [9.17, 15) is 4.79 Å². The molecule has 2 rings (SSSR count). The monoisotopic (exact) mass is 315 g/mol. The zero-order valence-corrected chi connectivity index (χ0v) is 13.5. The molecule has 0 aliphatic heterocycles. The van der Waals surface area contributed by atoms with Crippen LogP contribution in [0.2, 0.25) is 0 Å². The molecular weight excluding hydrogens is 294 g/mol. The van der Waals surface area contributed by atoms with E-state index >= 15 is 0 Å². The normalized spacial score (nSPS) is 10.0. The lowest BCUT2D eigenvalue weighted by atomic mass is 10.2. The van der Waals surface area contributed by atoms with E-state index in [4.69, 9.17) is 15.2 Å². The number of aryl methyl sites for hydroxylation is 1. The van der Waals surface area contributed by atoms with Crippen LogP contribution in [-0.4, -0.2) is 20.3 Å². The summed E-state index contributed by atoms with van der Waals surface area (Å²) >= 11 is 0. The van der Waals surface area contributed by atoms with Gasteiger partial charge in [-0.3, -0.25) is 0 Å². The predicted molar refractivity (Wildman–Crippen MR) is 91.0 cm³/mol. The fraction of sp³-hybridized carbons (Fsp3) is 0.235. The summed E-state index contributed by atoms with van der Waals surface area (Å²) in [7, 11) is 3.15. The van der Waals surface area contributed by atoms with E-state index in [1.54, 1.807) is 26.4 Å². The minimum Gasteiger partial charge on any atom is -0.493 e. The number of nitrogens with one attached hydrogen (secondary N) is 2. The fourth-order valence-electron chi connectivity index (χ4n) is 2.14. The number of carbonyl (C=O) groups is 1. The maximum absolute atomic E-state index is 12.0. The number of rotatable bonds is 5. The average Bonchev–Trinajstić information content (AvgIpc) is 2.55. The minimum absolute atomic E-state index is 0.324. The highest BCUT2D eigenvalue weighted by molar-refractivity contribution is 5.92. The SMILES string of the molecule is COc1ccc(CNC(=O)Nc2ccc(C)cc2N)cc1OC. The van der Waals surface area contributed by atoms with E-state index in [-0.39, 0.29) is 6.03 Å². The van der Waals surface area contributed by atoms with Gasteiger partial charge in [0.25, 0.3) is 0 Å². The Hall–Kier alpha value is -2.89. The van der Waals surface area contributed by atoms with Crippen molar-refractivity contribution < 1.29 is 14.3 Å². The van der Waals surface area contributed by atoms with Crippen LogP contribution in [0.5, 0.6) is 11.5 Å². The number of benzene rings is 2. The van der Waals surface area contributed by atoms with Gasteiger partial charge in [-0.1, -0.05) is 12.1 Å². The molecule has 0 heterocycles. The second kappa shape index (κ2) is 7.40. The van der Waals surface area contributed by atoms with Gasteiger partial charge in [-0.2, -0.15) is 0 Å². The molecule has 0 spiro atoms. The van der Waals surface area contributed by atoms with Crippen molar-refractivity contribution in [3.63, 3.8) is 0 Å². The lowest BCUT2D eigenvalue weighted by Gasteiger charge is -2.12. The predicted octanol–water partition coefficient (Wildman–Crippen LogP) is 2.92. The largest absolute Gasteiger partial charge is 0.493 e. The summed E-state index contributed by atoms with van der Waals surface area (Å²) in [6.45, 7) is 2.30. The summed E-state index contributed by atoms with van der Waals surface area (Å²) in [6.07, 6.45) is 0. The molecule has 2 amide bonds. The first-order valence-electron chi connectivity index (χ1n) is 7.15. The van der Waals surface area contributed by atoms with Crippen molar-refractivity contribution in [2.45, 2.75) is 13.5 Å². The van der Waals surface area contributed by atoms with Crippen molar-refractivity contribution in [2.24, 2.45) is 0 Å². The van der Waals surface area contributed by atoms with Gasteiger partial charge in [0.1, 0.15) is 0 Å². The van der Waals surface area contributed by atoms with E-state index in [1.807, 2.05) is 31.2 Å². The zero-order valence-electron chi connectivity index (χ0n) is 13.5. The van der Waals surface area contributed by atoms with Gasteiger partial charge in [0.15, 0.2) is 11.5 Å². The van der Waals surface area contributed by atoms with E-state index in [0.717, 1.165) is 11.1 Å². The van der Waals surface area contributed by atoms with Crippen LogP contribution in [0.4, 0.5) is 16.2 Å². The summed E-state index contributed by atoms with van der Waals surface area (Å²) in [6, 6.07) is 10.6. The second-order valence-corrected chi connectivity index (χ2v) is 5.09. The van der Waals surface area contributed by atoms with Gasteiger partial charge in [-0.15, -0.1) is 0 Å². The Morgan fingerprint density at radius 2 is 1.83 bits per heavy atom. The molecule has 0 fully saturated rings. The van der Waals surface area contributed by atoms with Crippen LogP contribution < -0.4 is 25.8 Å². The highest BCUT2D eigenvalue weighted by atomic mass is 16.5. The van der Waals surface area contributed by atoms with Crippen LogP contribution in [-0.2, 0) is 6.54 Å². The number of urea groups is 1. The number of hydrogen-bond donors (Lipinski definition) is 3. The van der Waals surface area contributed by atoms with Crippen molar-refractivity contribution in [3.8, 4) is 11.5 Å². The third kappa shape index (κ3) is 4.29. The Bertz CT molecular complexity index is 701. The molecule has 0 aliphatic rings. The molecule has 0 aliphatic carbocycles.